The summed E-state index contributed by atoms with van der Waals surface area (Å²) in [5.74, 6) is -0.406. The Morgan fingerprint density at radius 2 is 1.69 bits per heavy atom. The molecule has 0 aliphatic carbocycles. The number of carbonyl (C=O) groups excluding carboxylic acids is 2. The minimum Gasteiger partial charge on any atom is -0.484 e. The van der Waals surface area contributed by atoms with Crippen LogP contribution in [0.15, 0.2) is 36.4 Å². The van der Waals surface area contributed by atoms with Crippen LogP contribution in [0, 0.1) is 19.7 Å². The van der Waals surface area contributed by atoms with Crippen molar-refractivity contribution in [2.24, 2.45) is 0 Å². The van der Waals surface area contributed by atoms with Crippen molar-refractivity contribution < 1.29 is 18.7 Å². The second kappa shape index (κ2) is 10.8. The van der Waals surface area contributed by atoms with E-state index in [1.807, 2.05) is 41.5 Å². The van der Waals surface area contributed by atoms with Crippen LogP contribution in [0.25, 0.3) is 0 Å². The Bertz CT molecular complexity index is 932. The first-order valence-electron chi connectivity index (χ1n) is 10.7. The first-order chi connectivity index (χ1) is 14.9. The number of nitrogens with one attached hydrogen (secondary N) is 1. The predicted octanol–water partition coefficient (Wildman–Crippen LogP) is 5.20. The van der Waals surface area contributed by atoms with Crippen LogP contribution in [-0.4, -0.2) is 34.9 Å². The molecule has 1 N–H and O–H groups in total. The van der Waals surface area contributed by atoms with Gasteiger partial charge >= 0.3 is 0 Å². The summed E-state index contributed by atoms with van der Waals surface area (Å²) in [7, 11) is 0. The Labute approximate surface area is 194 Å². The highest BCUT2D eigenvalue weighted by atomic mass is 35.5. The summed E-state index contributed by atoms with van der Waals surface area (Å²) >= 11 is 6.21. The SMILES string of the molecule is CC[C@@H](C(=O)NC(C)(C)C)N(Cc1ccc(F)cc1)C(=O)COc1cc(C)c(Cl)c(C)c1. The van der Waals surface area contributed by atoms with Gasteiger partial charge in [-0.25, -0.2) is 4.39 Å². The molecule has 0 radical (unpaired) electrons. The van der Waals surface area contributed by atoms with Gasteiger partial charge in [-0.1, -0.05) is 30.7 Å². The molecule has 0 unspecified atom stereocenters. The lowest BCUT2D eigenvalue weighted by atomic mass is 10.1. The molecule has 0 saturated heterocycles. The normalized spacial score (nSPS) is 12.2. The molecule has 0 bridgehead atoms. The number of aryl methyl sites for hydroxylation is 2. The molecule has 0 aromatic heterocycles. The molecule has 2 aromatic rings. The van der Waals surface area contributed by atoms with E-state index < -0.39 is 11.6 Å². The fraction of sp³-hybridized carbons (Fsp3) is 0.440. The maximum absolute atomic E-state index is 13.3. The number of carbonyl (C=O) groups is 2. The molecule has 32 heavy (non-hydrogen) atoms. The topological polar surface area (TPSA) is 58.6 Å². The fourth-order valence-electron chi connectivity index (χ4n) is 3.38. The largest absolute Gasteiger partial charge is 0.484 e. The van der Waals surface area contributed by atoms with E-state index in [1.54, 1.807) is 24.3 Å². The third kappa shape index (κ3) is 7.23. The molecule has 2 rings (SSSR count). The summed E-state index contributed by atoms with van der Waals surface area (Å²) in [5, 5.41) is 3.61. The van der Waals surface area contributed by atoms with Crippen LogP contribution in [0.4, 0.5) is 4.39 Å². The maximum Gasteiger partial charge on any atom is 0.261 e. The number of hydrogen-bond donors (Lipinski definition) is 1. The van der Waals surface area contributed by atoms with Gasteiger partial charge in [0.15, 0.2) is 6.61 Å². The fourth-order valence-corrected chi connectivity index (χ4v) is 3.49. The van der Waals surface area contributed by atoms with E-state index >= 15 is 0 Å². The highest BCUT2D eigenvalue weighted by Gasteiger charge is 2.31. The van der Waals surface area contributed by atoms with E-state index in [4.69, 9.17) is 16.3 Å². The molecule has 0 aliphatic heterocycles. The summed E-state index contributed by atoms with van der Waals surface area (Å²) < 4.78 is 19.1. The van der Waals surface area contributed by atoms with Crippen LogP contribution in [0.5, 0.6) is 5.75 Å². The maximum atomic E-state index is 13.3. The van der Waals surface area contributed by atoms with Gasteiger partial charge < -0.3 is 15.0 Å². The Morgan fingerprint density at radius 1 is 1.12 bits per heavy atom. The van der Waals surface area contributed by atoms with Gasteiger partial charge in [0.25, 0.3) is 5.91 Å². The molecule has 0 saturated carbocycles. The number of halogens is 2. The van der Waals surface area contributed by atoms with Crippen molar-refractivity contribution >= 4 is 23.4 Å². The van der Waals surface area contributed by atoms with E-state index in [1.165, 1.54) is 17.0 Å². The number of hydrogen-bond acceptors (Lipinski definition) is 3. The quantitative estimate of drug-likeness (QED) is 0.586. The van der Waals surface area contributed by atoms with Gasteiger partial charge in [-0.2, -0.15) is 0 Å². The zero-order valence-electron chi connectivity index (χ0n) is 19.6. The molecule has 0 spiro atoms. The first-order valence-corrected chi connectivity index (χ1v) is 11.0. The van der Waals surface area contributed by atoms with E-state index in [0.29, 0.717) is 17.2 Å². The van der Waals surface area contributed by atoms with Crippen LogP contribution in [0.2, 0.25) is 5.02 Å². The van der Waals surface area contributed by atoms with Gasteiger partial charge in [-0.15, -0.1) is 0 Å². The van der Waals surface area contributed by atoms with E-state index in [2.05, 4.69) is 5.32 Å². The minimum absolute atomic E-state index is 0.164. The molecule has 174 valence electrons. The third-order valence-corrected chi connectivity index (χ3v) is 5.52. The van der Waals surface area contributed by atoms with Crippen molar-refractivity contribution in [3.63, 3.8) is 0 Å². The van der Waals surface area contributed by atoms with Crippen molar-refractivity contribution in [3.05, 3.63) is 63.9 Å². The average molecular weight is 463 g/mol. The molecular weight excluding hydrogens is 431 g/mol. The highest BCUT2D eigenvalue weighted by molar-refractivity contribution is 6.32. The Hall–Kier alpha value is -2.60. The van der Waals surface area contributed by atoms with Gasteiger partial charge in [0.2, 0.25) is 5.91 Å². The zero-order chi connectivity index (χ0) is 24.1. The molecule has 1 atom stereocenters. The van der Waals surface area contributed by atoms with Gasteiger partial charge in [-0.05, 0) is 82.0 Å². The third-order valence-electron chi connectivity index (χ3n) is 4.92. The Morgan fingerprint density at radius 3 is 2.19 bits per heavy atom. The average Bonchev–Trinajstić information content (AvgIpc) is 2.70. The minimum atomic E-state index is -0.691. The van der Waals surface area contributed by atoms with Crippen molar-refractivity contribution in [1.82, 2.24) is 10.2 Å². The van der Waals surface area contributed by atoms with Crippen molar-refractivity contribution in [3.8, 4) is 5.75 Å². The molecule has 2 amide bonds. The van der Waals surface area contributed by atoms with Crippen molar-refractivity contribution in [2.75, 3.05) is 6.61 Å². The van der Waals surface area contributed by atoms with E-state index in [9.17, 15) is 14.0 Å². The van der Waals surface area contributed by atoms with Crippen LogP contribution in [0.3, 0.4) is 0 Å². The summed E-state index contributed by atoms with van der Waals surface area (Å²) in [4.78, 5) is 27.7. The lowest BCUT2D eigenvalue weighted by Gasteiger charge is -2.33. The van der Waals surface area contributed by atoms with Gasteiger partial charge in [-0.3, -0.25) is 9.59 Å². The molecule has 2 aromatic carbocycles. The molecule has 0 heterocycles. The predicted molar refractivity (Wildman–Crippen MR) is 125 cm³/mol. The van der Waals surface area contributed by atoms with Gasteiger partial charge in [0.05, 0.1) is 0 Å². The summed E-state index contributed by atoms with van der Waals surface area (Å²) in [6, 6.07) is 8.75. The summed E-state index contributed by atoms with van der Waals surface area (Å²) in [5.41, 5.74) is 1.99. The number of rotatable bonds is 8. The Kier molecular flexibility index (Phi) is 8.67. The van der Waals surface area contributed by atoms with Crippen LogP contribution >= 0.6 is 11.6 Å². The molecule has 5 nitrogen and oxygen atoms in total. The van der Waals surface area contributed by atoms with Gasteiger partial charge in [0, 0.05) is 17.1 Å². The second-order valence-corrected chi connectivity index (χ2v) is 9.35. The molecular formula is C25H32ClFN2O3. The second-order valence-electron chi connectivity index (χ2n) is 8.97. The lowest BCUT2D eigenvalue weighted by Crippen LogP contribution is -2.54. The number of amides is 2. The van der Waals surface area contributed by atoms with E-state index in [-0.39, 0.29) is 30.8 Å². The number of nitrogens with zero attached hydrogens (tertiary/aromatic N) is 1. The monoisotopic (exact) mass is 462 g/mol. The van der Waals surface area contributed by atoms with Crippen LogP contribution < -0.4 is 10.1 Å². The Balaban J connectivity index is 2.26. The number of benzene rings is 2. The van der Waals surface area contributed by atoms with Gasteiger partial charge in [0.1, 0.15) is 17.6 Å². The zero-order valence-corrected chi connectivity index (χ0v) is 20.3. The number of ether oxygens (including phenoxy) is 1. The smallest absolute Gasteiger partial charge is 0.261 e. The first kappa shape index (κ1) is 25.7. The summed E-state index contributed by atoms with van der Waals surface area (Å²) in [6.45, 7) is 11.2. The summed E-state index contributed by atoms with van der Waals surface area (Å²) in [6.07, 6.45) is 0.425. The highest BCUT2D eigenvalue weighted by Crippen LogP contribution is 2.26. The van der Waals surface area contributed by atoms with Crippen LogP contribution in [0.1, 0.15) is 50.8 Å². The van der Waals surface area contributed by atoms with E-state index in [0.717, 1.165) is 16.7 Å². The van der Waals surface area contributed by atoms with Crippen molar-refractivity contribution in [1.29, 1.82) is 0 Å². The lowest BCUT2D eigenvalue weighted by molar-refractivity contribution is -0.143. The molecule has 0 aliphatic rings. The van der Waals surface area contributed by atoms with Crippen molar-refractivity contribution in [2.45, 2.75) is 66.1 Å². The van der Waals surface area contributed by atoms with Crippen LogP contribution in [-0.2, 0) is 16.1 Å². The molecule has 0 fully saturated rings. The standard InChI is InChI=1S/C25H32ClFN2O3/c1-7-21(24(31)28-25(4,5)6)29(14-18-8-10-19(27)11-9-18)22(30)15-32-20-12-16(2)23(26)17(3)13-20/h8-13,21H,7,14-15H2,1-6H3,(H,28,31)/t21-/m0/s1. The molecule has 7 heteroatoms.